The summed E-state index contributed by atoms with van der Waals surface area (Å²) in [6, 6.07) is 10.4. The number of unbranched alkanes of at least 4 members (excludes halogenated alkanes) is 1. The van der Waals surface area contributed by atoms with Crippen LogP contribution in [0.3, 0.4) is 0 Å². The summed E-state index contributed by atoms with van der Waals surface area (Å²) in [4.78, 5) is 2.32. The van der Waals surface area contributed by atoms with Crippen molar-refractivity contribution in [2.45, 2.75) is 32.0 Å². The van der Waals surface area contributed by atoms with Gasteiger partial charge in [-0.25, -0.2) is 0 Å². The molecule has 0 radical (unpaired) electrons. The fourth-order valence-electron chi connectivity index (χ4n) is 2.22. The molecule has 1 saturated heterocycles. The van der Waals surface area contributed by atoms with Gasteiger partial charge in [0.15, 0.2) is 0 Å². The van der Waals surface area contributed by atoms with Crippen LogP contribution in [0.4, 0.5) is 0 Å². The quantitative estimate of drug-likeness (QED) is 0.540. The molecule has 0 bridgehead atoms. The summed E-state index contributed by atoms with van der Waals surface area (Å²) in [5.74, 6) is 2.73. The Morgan fingerprint density at radius 2 is 2.11 bits per heavy atom. The molecular weight excluding hydrogens is 222 g/mol. The van der Waals surface area contributed by atoms with E-state index in [4.69, 9.17) is 11.2 Å². The van der Waals surface area contributed by atoms with Crippen molar-refractivity contribution < 1.29 is 4.74 Å². The third-order valence-electron chi connectivity index (χ3n) is 3.29. The van der Waals surface area contributed by atoms with Crippen molar-refractivity contribution in [2.75, 3.05) is 19.6 Å². The van der Waals surface area contributed by atoms with Crippen molar-refractivity contribution in [2.24, 2.45) is 0 Å². The van der Waals surface area contributed by atoms with Gasteiger partial charge in [0.1, 0.15) is 12.2 Å². The van der Waals surface area contributed by atoms with Crippen LogP contribution < -0.4 is 0 Å². The van der Waals surface area contributed by atoms with Gasteiger partial charge in [-0.05, 0) is 18.5 Å². The first-order valence-corrected chi connectivity index (χ1v) is 6.71. The number of hydrogen-bond donors (Lipinski definition) is 0. The number of benzene rings is 1. The lowest BCUT2D eigenvalue weighted by Crippen LogP contribution is -2.29. The van der Waals surface area contributed by atoms with E-state index in [1.54, 1.807) is 0 Å². The molecular formula is C16H21NO. The largest absolute Gasteiger partial charge is 0.363 e. The van der Waals surface area contributed by atoms with Gasteiger partial charge in [-0.1, -0.05) is 49.6 Å². The predicted molar refractivity (Wildman–Crippen MR) is 74.2 cm³/mol. The third-order valence-corrected chi connectivity index (χ3v) is 3.29. The fourth-order valence-corrected chi connectivity index (χ4v) is 2.22. The molecule has 1 aromatic rings. The van der Waals surface area contributed by atoms with Crippen LogP contribution in [0.25, 0.3) is 0 Å². The van der Waals surface area contributed by atoms with Gasteiger partial charge in [0.25, 0.3) is 0 Å². The van der Waals surface area contributed by atoms with Crippen LogP contribution >= 0.6 is 0 Å². The first kappa shape index (κ1) is 13.1. The van der Waals surface area contributed by atoms with Crippen LogP contribution in [0.15, 0.2) is 30.3 Å². The molecule has 0 aromatic heterocycles. The number of rotatable bonds is 7. The summed E-state index contributed by atoms with van der Waals surface area (Å²) in [5, 5.41) is 0. The molecule has 2 heteroatoms. The van der Waals surface area contributed by atoms with Gasteiger partial charge in [0.05, 0.1) is 6.54 Å². The van der Waals surface area contributed by atoms with E-state index in [0.29, 0.717) is 6.10 Å². The molecule has 0 saturated carbocycles. The lowest BCUT2D eigenvalue weighted by molar-refractivity contribution is 0.260. The van der Waals surface area contributed by atoms with E-state index in [-0.39, 0.29) is 6.10 Å². The maximum absolute atomic E-state index is 5.75. The highest BCUT2D eigenvalue weighted by Crippen LogP contribution is 2.38. The van der Waals surface area contributed by atoms with Crippen LogP contribution in [0.5, 0.6) is 0 Å². The number of hydrogen-bond acceptors (Lipinski definition) is 2. The molecule has 0 spiro atoms. The molecule has 0 unspecified atom stereocenters. The van der Waals surface area contributed by atoms with Crippen molar-refractivity contribution in [1.82, 2.24) is 4.90 Å². The van der Waals surface area contributed by atoms with Crippen LogP contribution in [0, 0.1) is 12.3 Å². The number of nitrogens with zero attached hydrogens (tertiary/aromatic N) is 1. The molecule has 1 fully saturated rings. The number of ether oxygens (including phenoxy) is 1. The Bertz CT molecular complexity index is 395. The van der Waals surface area contributed by atoms with E-state index >= 15 is 0 Å². The zero-order valence-electron chi connectivity index (χ0n) is 11.0. The Hall–Kier alpha value is -1.30. The Kier molecular flexibility index (Phi) is 4.81. The molecule has 18 heavy (non-hydrogen) atoms. The summed E-state index contributed by atoms with van der Waals surface area (Å²) in [5.41, 5.74) is 1.28. The third kappa shape index (κ3) is 3.60. The van der Waals surface area contributed by atoms with Crippen molar-refractivity contribution in [3.8, 4) is 12.3 Å². The molecule has 2 atom stereocenters. The molecule has 0 N–H and O–H groups in total. The standard InChI is InChI=1S/C16H21NO/c1-3-5-12-17(11-4-2)13-15-16(18-15)14-9-7-6-8-10-14/h2,6-10,15-16H,3,5,11-13H2,1H3/t15-,16-/m0/s1. The fraction of sp³-hybridized carbons (Fsp3) is 0.500. The lowest BCUT2D eigenvalue weighted by Gasteiger charge is -2.17. The van der Waals surface area contributed by atoms with Crippen molar-refractivity contribution >= 4 is 0 Å². The number of terminal acetylenes is 1. The van der Waals surface area contributed by atoms with Crippen LogP contribution in [-0.2, 0) is 4.74 Å². The normalized spacial score (nSPS) is 21.8. The minimum atomic E-state index is 0.271. The van der Waals surface area contributed by atoms with Crippen molar-refractivity contribution in [3.63, 3.8) is 0 Å². The maximum Gasteiger partial charge on any atom is 0.110 e. The van der Waals surface area contributed by atoms with Crippen LogP contribution in [0.2, 0.25) is 0 Å². The molecule has 1 aromatic carbocycles. The molecule has 2 rings (SSSR count). The number of epoxide rings is 1. The Morgan fingerprint density at radius 1 is 1.33 bits per heavy atom. The average Bonchev–Trinajstić information content (AvgIpc) is 3.16. The SMILES string of the molecule is C#CCN(CCCC)C[C@@H]1O[C@H]1c1ccccc1. The topological polar surface area (TPSA) is 15.8 Å². The van der Waals surface area contributed by atoms with E-state index in [0.717, 1.165) is 19.6 Å². The maximum atomic E-state index is 5.75. The van der Waals surface area contributed by atoms with E-state index in [1.165, 1.54) is 18.4 Å². The molecule has 1 heterocycles. The van der Waals surface area contributed by atoms with Crippen molar-refractivity contribution in [1.29, 1.82) is 0 Å². The van der Waals surface area contributed by atoms with Gasteiger partial charge < -0.3 is 4.74 Å². The monoisotopic (exact) mass is 243 g/mol. The van der Waals surface area contributed by atoms with Gasteiger partial charge in [0.2, 0.25) is 0 Å². The van der Waals surface area contributed by atoms with Gasteiger partial charge in [-0.15, -0.1) is 6.42 Å². The minimum absolute atomic E-state index is 0.271. The van der Waals surface area contributed by atoms with Crippen LogP contribution in [-0.4, -0.2) is 30.6 Å². The minimum Gasteiger partial charge on any atom is -0.363 e. The second-order valence-corrected chi connectivity index (χ2v) is 4.80. The molecule has 2 nitrogen and oxygen atoms in total. The Labute approximate surface area is 110 Å². The van der Waals surface area contributed by atoms with E-state index in [9.17, 15) is 0 Å². The zero-order chi connectivity index (χ0) is 12.8. The summed E-state index contributed by atoms with van der Waals surface area (Å²) < 4.78 is 5.75. The van der Waals surface area contributed by atoms with E-state index in [2.05, 4.69) is 42.0 Å². The Balaban J connectivity index is 1.82. The van der Waals surface area contributed by atoms with Gasteiger partial charge in [0, 0.05) is 6.54 Å². The summed E-state index contributed by atoms with van der Waals surface area (Å²) >= 11 is 0. The summed E-state index contributed by atoms with van der Waals surface area (Å²) in [6.07, 6.45) is 8.40. The van der Waals surface area contributed by atoms with Crippen LogP contribution in [0.1, 0.15) is 31.4 Å². The van der Waals surface area contributed by atoms with Gasteiger partial charge >= 0.3 is 0 Å². The van der Waals surface area contributed by atoms with E-state index in [1.807, 2.05) is 6.07 Å². The predicted octanol–water partition coefficient (Wildman–Crippen LogP) is 2.86. The Morgan fingerprint density at radius 3 is 2.78 bits per heavy atom. The lowest BCUT2D eigenvalue weighted by atomic mass is 10.1. The summed E-state index contributed by atoms with van der Waals surface area (Å²) in [6.45, 7) is 4.95. The molecule has 1 aliphatic rings. The second-order valence-electron chi connectivity index (χ2n) is 4.80. The second kappa shape index (κ2) is 6.58. The highest BCUT2D eigenvalue weighted by Gasteiger charge is 2.40. The molecule has 0 amide bonds. The van der Waals surface area contributed by atoms with Gasteiger partial charge in [-0.3, -0.25) is 4.90 Å². The highest BCUT2D eigenvalue weighted by atomic mass is 16.6. The average molecular weight is 243 g/mol. The molecule has 1 aliphatic heterocycles. The molecule has 96 valence electrons. The van der Waals surface area contributed by atoms with Gasteiger partial charge in [-0.2, -0.15) is 0 Å². The zero-order valence-corrected chi connectivity index (χ0v) is 11.0. The smallest absolute Gasteiger partial charge is 0.110 e. The van der Waals surface area contributed by atoms with E-state index < -0.39 is 0 Å². The summed E-state index contributed by atoms with van der Waals surface area (Å²) in [7, 11) is 0. The first-order chi connectivity index (χ1) is 8.85. The first-order valence-electron chi connectivity index (χ1n) is 6.71. The molecule has 0 aliphatic carbocycles. The van der Waals surface area contributed by atoms with Crippen molar-refractivity contribution in [3.05, 3.63) is 35.9 Å². The highest BCUT2D eigenvalue weighted by molar-refractivity contribution is 5.22.